The Morgan fingerprint density at radius 3 is 2.33 bits per heavy atom. The van der Waals surface area contributed by atoms with Crippen LogP contribution < -0.4 is 0 Å². The van der Waals surface area contributed by atoms with E-state index in [4.69, 9.17) is 9.47 Å². The van der Waals surface area contributed by atoms with Crippen LogP contribution in [0.15, 0.2) is 12.2 Å². The lowest BCUT2D eigenvalue weighted by Crippen LogP contribution is -2.05. The van der Waals surface area contributed by atoms with E-state index in [1.165, 1.54) is 6.08 Å². The van der Waals surface area contributed by atoms with Gasteiger partial charge in [-0.1, -0.05) is 19.9 Å². The summed E-state index contributed by atoms with van der Waals surface area (Å²) in [5, 5.41) is 0. The van der Waals surface area contributed by atoms with Crippen LogP contribution in [-0.2, 0) is 9.47 Å². The van der Waals surface area contributed by atoms with E-state index in [9.17, 15) is 8.78 Å². The number of methoxy groups -OCH3 is 1. The van der Waals surface area contributed by atoms with E-state index in [0.717, 1.165) is 19.4 Å². The number of hydrogen-bond donors (Lipinski definition) is 0. The van der Waals surface area contributed by atoms with Crippen LogP contribution in [-0.4, -0.2) is 31.8 Å². The smallest absolute Gasteiger partial charge is 0.263 e. The normalized spacial score (nSPS) is 24.9. The van der Waals surface area contributed by atoms with E-state index in [1.54, 1.807) is 7.11 Å². The van der Waals surface area contributed by atoms with Crippen LogP contribution in [0.1, 0.15) is 27.2 Å². The minimum atomic E-state index is -2.74. The number of alkyl halides is 2. The molecule has 0 aliphatic heterocycles. The number of hydrogen-bond acceptors (Lipinski definition) is 2. The van der Waals surface area contributed by atoms with Crippen LogP contribution in [0, 0.1) is 0 Å². The Morgan fingerprint density at radius 1 is 1.33 bits per heavy atom. The van der Waals surface area contributed by atoms with E-state index in [2.05, 4.69) is 0 Å². The molecule has 1 aliphatic carbocycles. The second-order valence-corrected chi connectivity index (χ2v) is 3.24. The second kappa shape index (κ2) is 6.90. The second-order valence-electron chi connectivity index (χ2n) is 3.24. The zero-order valence-corrected chi connectivity index (χ0v) is 9.80. The van der Waals surface area contributed by atoms with E-state index in [0.29, 0.717) is 0 Å². The van der Waals surface area contributed by atoms with Crippen molar-refractivity contribution >= 4 is 0 Å². The molecule has 0 bridgehead atoms. The summed E-state index contributed by atoms with van der Waals surface area (Å²) in [4.78, 5) is 0. The van der Waals surface area contributed by atoms with Gasteiger partial charge in [0.1, 0.15) is 0 Å². The Morgan fingerprint density at radius 2 is 1.93 bits per heavy atom. The fourth-order valence-electron chi connectivity index (χ4n) is 1.01. The van der Waals surface area contributed by atoms with Gasteiger partial charge in [-0.05, 0) is 6.08 Å². The van der Waals surface area contributed by atoms with Crippen LogP contribution >= 0.6 is 0 Å². The summed E-state index contributed by atoms with van der Waals surface area (Å²) in [6.45, 7) is 5.08. The first-order valence-corrected chi connectivity index (χ1v) is 5.23. The molecule has 1 fully saturated rings. The number of ether oxygens (including phenoxy) is 2. The highest BCUT2D eigenvalue weighted by Gasteiger charge is 2.38. The molecule has 90 valence electrons. The molecule has 0 aromatic carbocycles. The van der Waals surface area contributed by atoms with E-state index in [-0.39, 0.29) is 18.8 Å². The average molecular weight is 222 g/mol. The van der Waals surface area contributed by atoms with Gasteiger partial charge in [0.25, 0.3) is 5.92 Å². The Hall–Kier alpha value is -0.480. The summed E-state index contributed by atoms with van der Waals surface area (Å²) in [7, 11) is 1.62. The SMILES string of the molecule is CC.COC1CC1OC/C=C/C(C)(F)F. The Labute approximate surface area is 90.3 Å². The van der Waals surface area contributed by atoms with Gasteiger partial charge in [0.05, 0.1) is 18.8 Å². The molecule has 0 amide bonds. The first kappa shape index (κ1) is 14.5. The van der Waals surface area contributed by atoms with Gasteiger partial charge in [-0.15, -0.1) is 0 Å². The molecule has 0 aromatic rings. The largest absolute Gasteiger partial charge is 0.379 e. The van der Waals surface area contributed by atoms with E-state index >= 15 is 0 Å². The highest BCUT2D eigenvalue weighted by atomic mass is 19.3. The van der Waals surface area contributed by atoms with Gasteiger partial charge in [-0.25, -0.2) is 8.78 Å². The third-order valence-corrected chi connectivity index (χ3v) is 1.80. The third kappa shape index (κ3) is 7.45. The predicted molar refractivity (Wildman–Crippen MR) is 56.3 cm³/mol. The summed E-state index contributed by atoms with van der Waals surface area (Å²) in [5.74, 6) is -2.74. The van der Waals surface area contributed by atoms with Gasteiger partial charge in [-0.2, -0.15) is 0 Å². The Bertz CT molecular complexity index is 188. The Balaban J connectivity index is 0.000000921. The molecule has 0 heterocycles. The summed E-state index contributed by atoms with van der Waals surface area (Å²) in [5.41, 5.74) is 0. The van der Waals surface area contributed by atoms with Crippen LogP contribution in [0.2, 0.25) is 0 Å². The molecule has 1 aliphatic rings. The van der Waals surface area contributed by atoms with Gasteiger partial charge in [0.15, 0.2) is 0 Å². The summed E-state index contributed by atoms with van der Waals surface area (Å²) in [6.07, 6.45) is 3.31. The van der Waals surface area contributed by atoms with Crippen molar-refractivity contribution in [1.29, 1.82) is 0 Å². The summed E-state index contributed by atoms with van der Waals surface area (Å²) >= 11 is 0. The van der Waals surface area contributed by atoms with Crippen LogP contribution in [0.25, 0.3) is 0 Å². The van der Waals surface area contributed by atoms with Gasteiger partial charge in [0, 0.05) is 20.5 Å². The highest BCUT2D eigenvalue weighted by molar-refractivity contribution is 4.94. The van der Waals surface area contributed by atoms with Crippen molar-refractivity contribution in [3.63, 3.8) is 0 Å². The molecule has 0 saturated heterocycles. The molecule has 0 aromatic heterocycles. The lowest BCUT2D eigenvalue weighted by Gasteiger charge is -2.02. The van der Waals surface area contributed by atoms with Gasteiger partial charge < -0.3 is 9.47 Å². The van der Waals surface area contributed by atoms with Crippen molar-refractivity contribution < 1.29 is 18.3 Å². The van der Waals surface area contributed by atoms with Crippen LogP contribution in [0.4, 0.5) is 8.78 Å². The zero-order valence-electron chi connectivity index (χ0n) is 9.80. The lowest BCUT2D eigenvalue weighted by atomic mass is 10.3. The zero-order chi connectivity index (χ0) is 11.9. The molecule has 0 radical (unpaired) electrons. The van der Waals surface area contributed by atoms with Crippen molar-refractivity contribution in [3.8, 4) is 0 Å². The summed E-state index contributed by atoms with van der Waals surface area (Å²) < 4.78 is 34.7. The molecular formula is C11H20F2O2. The van der Waals surface area contributed by atoms with Gasteiger partial charge >= 0.3 is 0 Å². The third-order valence-electron chi connectivity index (χ3n) is 1.80. The van der Waals surface area contributed by atoms with Crippen molar-refractivity contribution in [2.75, 3.05) is 13.7 Å². The van der Waals surface area contributed by atoms with E-state index in [1.807, 2.05) is 13.8 Å². The quantitative estimate of drug-likeness (QED) is 0.666. The average Bonchev–Trinajstić information content (AvgIpc) is 2.93. The highest BCUT2D eigenvalue weighted by Crippen LogP contribution is 2.28. The van der Waals surface area contributed by atoms with Crippen molar-refractivity contribution in [3.05, 3.63) is 12.2 Å². The molecular weight excluding hydrogens is 202 g/mol. The predicted octanol–water partition coefficient (Wildman–Crippen LogP) is 3.03. The minimum Gasteiger partial charge on any atom is -0.379 e. The molecule has 2 atom stereocenters. The first-order valence-electron chi connectivity index (χ1n) is 5.23. The van der Waals surface area contributed by atoms with Crippen LogP contribution in [0.3, 0.4) is 0 Å². The van der Waals surface area contributed by atoms with Crippen LogP contribution in [0.5, 0.6) is 0 Å². The fourth-order valence-corrected chi connectivity index (χ4v) is 1.01. The molecule has 15 heavy (non-hydrogen) atoms. The maximum atomic E-state index is 12.2. The molecule has 1 saturated carbocycles. The van der Waals surface area contributed by atoms with Gasteiger partial charge in [0.2, 0.25) is 0 Å². The summed E-state index contributed by atoms with van der Waals surface area (Å²) in [6, 6.07) is 0. The molecule has 2 unspecified atom stereocenters. The maximum absolute atomic E-state index is 12.2. The molecule has 2 nitrogen and oxygen atoms in total. The van der Waals surface area contributed by atoms with E-state index < -0.39 is 5.92 Å². The maximum Gasteiger partial charge on any atom is 0.263 e. The lowest BCUT2D eigenvalue weighted by molar-refractivity contribution is 0.0691. The molecule has 0 spiro atoms. The topological polar surface area (TPSA) is 18.5 Å². The molecule has 0 N–H and O–H groups in total. The van der Waals surface area contributed by atoms with Crippen molar-refractivity contribution in [2.45, 2.75) is 45.3 Å². The number of rotatable bonds is 5. The number of allylic oxidation sites excluding steroid dienone is 1. The van der Waals surface area contributed by atoms with Crippen molar-refractivity contribution in [2.24, 2.45) is 0 Å². The minimum absolute atomic E-state index is 0.0973. The standard InChI is InChI=1S/C9H14F2O2.C2H6/c1-9(10,11)4-3-5-13-8-6-7(8)12-2;1-2/h3-4,7-8H,5-6H2,1-2H3;1-2H3/b4-3+;. The monoisotopic (exact) mass is 222 g/mol. The molecule has 1 rings (SSSR count). The first-order chi connectivity index (χ1) is 7.03. The van der Waals surface area contributed by atoms with Gasteiger partial charge in [-0.3, -0.25) is 0 Å². The number of halogens is 2. The Kier molecular flexibility index (Phi) is 6.68. The van der Waals surface area contributed by atoms with Crippen molar-refractivity contribution in [1.82, 2.24) is 0 Å². The fraction of sp³-hybridized carbons (Fsp3) is 0.818. The molecule has 4 heteroatoms.